The van der Waals surface area contributed by atoms with Crippen LogP contribution in [0.15, 0.2) is 35.5 Å². The van der Waals surface area contributed by atoms with E-state index in [9.17, 15) is 8.78 Å². The van der Waals surface area contributed by atoms with Crippen LogP contribution in [0.3, 0.4) is 0 Å². The maximum Gasteiger partial charge on any atom is 0.377 e. The van der Waals surface area contributed by atoms with Crippen LogP contribution in [0.5, 0.6) is 0 Å². The van der Waals surface area contributed by atoms with Crippen LogP contribution < -0.4 is 0 Å². The van der Waals surface area contributed by atoms with Crippen LogP contribution in [0.1, 0.15) is 0 Å². The number of hydrogen-bond acceptors (Lipinski definition) is 2. The van der Waals surface area contributed by atoms with Gasteiger partial charge in [0.2, 0.25) is 0 Å². The first-order valence-electron chi connectivity index (χ1n) is 4.51. The van der Waals surface area contributed by atoms with Crippen molar-refractivity contribution in [3.8, 4) is 11.3 Å². The molecule has 2 nitrogen and oxygen atoms in total. The van der Waals surface area contributed by atoms with Crippen molar-refractivity contribution in [2.24, 2.45) is 0 Å². The highest BCUT2D eigenvalue weighted by Gasteiger charge is 2.27. The molecule has 0 aliphatic rings. The smallest absolute Gasteiger partial charge is 0.350 e. The van der Waals surface area contributed by atoms with Gasteiger partial charge in [0.1, 0.15) is 5.15 Å². The number of thioether (sulfide) groups is 1. The predicted octanol–water partition coefficient (Wildman–Crippen LogP) is 4.61. The Bertz CT molecular complexity index is 508. The summed E-state index contributed by atoms with van der Waals surface area (Å²) in [5, 5.41) is 0.664. The maximum atomic E-state index is 12.6. The highest BCUT2D eigenvalue weighted by Crippen LogP contribution is 2.39. The van der Waals surface area contributed by atoms with Crippen LogP contribution in [0.2, 0.25) is 5.15 Å². The van der Waals surface area contributed by atoms with Crippen LogP contribution in [-0.2, 0) is 0 Å². The molecule has 0 aliphatic heterocycles. The zero-order valence-corrected chi connectivity index (χ0v) is 10.6. The highest BCUT2D eigenvalue weighted by atomic mass is 35.5. The lowest BCUT2D eigenvalue weighted by molar-refractivity contribution is 0.203. The van der Waals surface area contributed by atoms with Gasteiger partial charge in [-0.2, -0.15) is 8.78 Å². The Morgan fingerprint density at radius 1 is 1.24 bits per heavy atom. The fraction of sp³-hybridized carbons (Fsp3) is 0.100. The molecular formula is C10H6Cl2F2N2S. The number of pyridine rings is 1. The number of nitrogens with zero attached hydrogens (tertiary/aromatic N) is 1. The average Bonchev–Trinajstić information content (AvgIpc) is 2.64. The number of alkyl halides is 3. The molecule has 0 amide bonds. The Labute approximate surface area is 110 Å². The molecule has 2 rings (SSSR count). The lowest BCUT2D eigenvalue weighted by Crippen LogP contribution is -1.96. The molecule has 0 atom stereocenters. The Morgan fingerprint density at radius 3 is 2.59 bits per heavy atom. The number of aromatic amines is 1. The van der Waals surface area contributed by atoms with Crippen LogP contribution in [0.4, 0.5) is 8.78 Å². The van der Waals surface area contributed by atoms with Gasteiger partial charge in [0.05, 0.1) is 5.03 Å². The molecule has 2 heterocycles. The fourth-order valence-electron chi connectivity index (χ4n) is 1.26. The van der Waals surface area contributed by atoms with Crippen molar-refractivity contribution in [3.63, 3.8) is 0 Å². The van der Waals surface area contributed by atoms with E-state index in [0.717, 1.165) is 5.56 Å². The average molecular weight is 295 g/mol. The molecule has 0 radical (unpaired) electrons. The summed E-state index contributed by atoms with van der Waals surface area (Å²) in [6.45, 7) is 0. The molecule has 0 bridgehead atoms. The van der Waals surface area contributed by atoms with Crippen molar-refractivity contribution >= 4 is 35.0 Å². The summed E-state index contributed by atoms with van der Waals surface area (Å²) in [6.07, 6.45) is 1.56. The number of nitrogens with one attached hydrogen (secondary N) is 1. The number of aromatic nitrogens is 2. The van der Waals surface area contributed by atoms with Gasteiger partial charge in [-0.1, -0.05) is 11.6 Å². The van der Waals surface area contributed by atoms with Gasteiger partial charge in [-0.3, -0.25) is 0 Å². The van der Waals surface area contributed by atoms with Crippen molar-refractivity contribution < 1.29 is 8.78 Å². The summed E-state index contributed by atoms with van der Waals surface area (Å²) in [6, 6.07) is 6.58. The van der Waals surface area contributed by atoms with Crippen LogP contribution in [-0.4, -0.2) is 14.7 Å². The minimum Gasteiger partial charge on any atom is -0.350 e. The first kappa shape index (κ1) is 12.7. The molecule has 0 aromatic carbocycles. The minimum absolute atomic E-state index is 0.249. The molecule has 0 saturated carbocycles. The molecule has 1 N–H and O–H groups in total. The summed E-state index contributed by atoms with van der Waals surface area (Å²) in [5.74, 6) is 0. The third-order valence-corrected chi connectivity index (χ3v) is 3.07. The zero-order valence-electron chi connectivity index (χ0n) is 8.25. The van der Waals surface area contributed by atoms with E-state index >= 15 is 0 Å². The van der Waals surface area contributed by atoms with E-state index in [1.54, 1.807) is 24.4 Å². The van der Waals surface area contributed by atoms with E-state index in [-0.39, 0.29) is 16.8 Å². The van der Waals surface area contributed by atoms with Gasteiger partial charge in [0.25, 0.3) is 0 Å². The van der Waals surface area contributed by atoms with E-state index in [1.807, 2.05) is 0 Å². The second-order valence-electron chi connectivity index (χ2n) is 3.15. The summed E-state index contributed by atoms with van der Waals surface area (Å²) < 4.78 is 21.8. The highest BCUT2D eigenvalue weighted by molar-refractivity contribution is 8.01. The van der Waals surface area contributed by atoms with E-state index in [1.165, 1.54) is 6.07 Å². The second kappa shape index (κ2) is 4.84. The van der Waals surface area contributed by atoms with E-state index in [2.05, 4.69) is 9.97 Å². The first-order valence-corrected chi connectivity index (χ1v) is 6.08. The number of halogens is 4. The van der Waals surface area contributed by atoms with Gasteiger partial charge < -0.3 is 4.98 Å². The van der Waals surface area contributed by atoms with Crippen LogP contribution >= 0.6 is 35.0 Å². The molecular weight excluding hydrogens is 289 g/mol. The molecule has 90 valence electrons. The van der Waals surface area contributed by atoms with Crippen molar-refractivity contribution in [2.75, 3.05) is 0 Å². The van der Waals surface area contributed by atoms with Gasteiger partial charge in [-0.15, -0.1) is 0 Å². The molecule has 2 aromatic heterocycles. The maximum absolute atomic E-state index is 12.6. The van der Waals surface area contributed by atoms with Crippen molar-refractivity contribution in [1.29, 1.82) is 0 Å². The minimum atomic E-state index is -3.32. The van der Waals surface area contributed by atoms with Crippen molar-refractivity contribution in [3.05, 3.63) is 35.6 Å². The molecule has 0 unspecified atom stereocenters. The van der Waals surface area contributed by atoms with Crippen molar-refractivity contribution in [2.45, 2.75) is 9.74 Å². The summed E-state index contributed by atoms with van der Waals surface area (Å²) in [7, 11) is 0. The summed E-state index contributed by atoms with van der Waals surface area (Å²) in [5.41, 5.74) is 1.44. The number of hydrogen-bond donors (Lipinski definition) is 1. The Morgan fingerprint density at radius 2 is 2.00 bits per heavy atom. The van der Waals surface area contributed by atoms with E-state index in [0.29, 0.717) is 10.8 Å². The van der Waals surface area contributed by atoms with Gasteiger partial charge >= 0.3 is 4.71 Å². The summed E-state index contributed by atoms with van der Waals surface area (Å²) >= 11 is 10.7. The zero-order chi connectivity index (χ0) is 12.5. The predicted molar refractivity (Wildman–Crippen MR) is 65.7 cm³/mol. The van der Waals surface area contributed by atoms with Crippen molar-refractivity contribution in [1.82, 2.24) is 9.97 Å². The molecule has 0 spiro atoms. The third-order valence-electron chi connectivity index (χ3n) is 1.92. The largest absolute Gasteiger partial charge is 0.377 e. The van der Waals surface area contributed by atoms with E-state index < -0.39 is 4.71 Å². The molecule has 7 heteroatoms. The number of rotatable bonds is 3. The molecule has 2 aromatic rings. The molecule has 0 saturated heterocycles. The van der Waals surface area contributed by atoms with E-state index in [4.69, 9.17) is 23.2 Å². The Hall–Kier alpha value is -0.780. The second-order valence-corrected chi connectivity index (χ2v) is 5.40. The molecule has 0 fully saturated rings. The normalized spacial score (nSPS) is 11.8. The SMILES string of the molecule is FC(F)(Cl)Sc1ccc(-c2ccc(Cl)nc2)[nH]1. The lowest BCUT2D eigenvalue weighted by Gasteiger charge is -2.04. The van der Waals surface area contributed by atoms with Crippen LogP contribution in [0.25, 0.3) is 11.3 Å². The first-order chi connectivity index (χ1) is 7.94. The Balaban J connectivity index is 2.21. The number of H-pyrrole nitrogens is 1. The lowest BCUT2D eigenvalue weighted by atomic mass is 10.2. The van der Waals surface area contributed by atoms with Gasteiger partial charge in [0.15, 0.2) is 0 Å². The Kier molecular flexibility index (Phi) is 3.61. The monoisotopic (exact) mass is 294 g/mol. The van der Waals surface area contributed by atoms with Crippen LogP contribution in [0, 0.1) is 0 Å². The van der Waals surface area contributed by atoms with Gasteiger partial charge in [-0.25, -0.2) is 4.98 Å². The topological polar surface area (TPSA) is 28.7 Å². The van der Waals surface area contributed by atoms with Gasteiger partial charge in [-0.05, 0) is 47.6 Å². The third kappa shape index (κ3) is 3.59. The van der Waals surface area contributed by atoms with Gasteiger partial charge in [0, 0.05) is 17.5 Å². The molecule has 17 heavy (non-hydrogen) atoms. The summed E-state index contributed by atoms with van der Waals surface area (Å²) in [4.78, 5) is 6.72. The quantitative estimate of drug-likeness (QED) is 0.509. The standard InChI is InChI=1S/C10H6Cl2F2N2S/c11-8-3-1-6(5-15-8)7-2-4-9(16-7)17-10(12,13)14/h1-5,16H. The fourth-order valence-corrected chi connectivity index (χ4v) is 2.17. The molecule has 0 aliphatic carbocycles.